The van der Waals surface area contributed by atoms with Crippen LogP contribution in [-0.4, -0.2) is 60.4 Å². The van der Waals surface area contributed by atoms with E-state index in [1.54, 1.807) is 7.05 Å². The van der Waals surface area contributed by atoms with E-state index in [0.29, 0.717) is 37.3 Å². The minimum atomic E-state index is -0.540. The standard InChI is InChI=1S/C28H31N3O6/c1-28(2,3)36-27(34)31(4)15-7-17-35-16-6-9-18-8-5-10-20-19(18)11-13-22-24(20)25(30-37-22)21-12-14-23(32)29-26(21)33/h5,8,10-11,13,21H,7,12,14-17H2,1-4H3,(H,29,32,33). The van der Waals surface area contributed by atoms with Crippen molar-refractivity contribution in [2.45, 2.75) is 51.6 Å². The zero-order chi connectivity index (χ0) is 26.6. The number of imide groups is 1. The Morgan fingerprint density at radius 3 is 2.78 bits per heavy atom. The monoisotopic (exact) mass is 505 g/mol. The van der Waals surface area contributed by atoms with Gasteiger partial charge in [0.1, 0.15) is 17.9 Å². The van der Waals surface area contributed by atoms with Crippen molar-refractivity contribution in [2.75, 3.05) is 26.8 Å². The summed E-state index contributed by atoms with van der Waals surface area (Å²) in [4.78, 5) is 37.5. The molecule has 1 atom stereocenters. The quantitative estimate of drug-likeness (QED) is 0.305. The van der Waals surface area contributed by atoms with Gasteiger partial charge in [0.05, 0.1) is 11.3 Å². The molecule has 2 heterocycles. The minimum absolute atomic E-state index is 0.254. The first-order chi connectivity index (χ1) is 17.6. The molecule has 2 aromatic carbocycles. The molecule has 194 valence electrons. The molecule has 0 bridgehead atoms. The lowest BCUT2D eigenvalue weighted by Gasteiger charge is -2.24. The number of rotatable bonds is 6. The van der Waals surface area contributed by atoms with Crippen molar-refractivity contribution in [3.63, 3.8) is 0 Å². The maximum atomic E-state index is 12.4. The molecule has 1 aliphatic heterocycles. The number of nitrogens with zero attached hydrogens (tertiary/aromatic N) is 2. The third-order valence-electron chi connectivity index (χ3n) is 5.98. The minimum Gasteiger partial charge on any atom is -0.444 e. The highest BCUT2D eigenvalue weighted by Crippen LogP contribution is 2.35. The molecule has 4 rings (SSSR count). The van der Waals surface area contributed by atoms with E-state index in [1.165, 1.54) is 4.90 Å². The van der Waals surface area contributed by atoms with Gasteiger partial charge in [-0.2, -0.15) is 0 Å². The highest BCUT2D eigenvalue weighted by atomic mass is 16.6. The van der Waals surface area contributed by atoms with Crippen LogP contribution in [0.5, 0.6) is 0 Å². The average molecular weight is 506 g/mol. The second-order valence-electron chi connectivity index (χ2n) is 10.0. The summed E-state index contributed by atoms with van der Waals surface area (Å²) in [5.41, 5.74) is 1.42. The predicted octanol–water partition coefficient (Wildman–Crippen LogP) is 4.13. The number of piperidine rings is 1. The van der Waals surface area contributed by atoms with Gasteiger partial charge in [0.2, 0.25) is 11.8 Å². The molecule has 0 radical (unpaired) electrons. The Hall–Kier alpha value is -3.90. The van der Waals surface area contributed by atoms with E-state index in [4.69, 9.17) is 14.0 Å². The van der Waals surface area contributed by atoms with E-state index >= 15 is 0 Å². The molecule has 3 aromatic rings. The number of aromatic nitrogens is 1. The van der Waals surface area contributed by atoms with E-state index in [2.05, 4.69) is 22.3 Å². The first-order valence-electron chi connectivity index (χ1n) is 12.3. The maximum absolute atomic E-state index is 12.4. The number of carbonyl (C=O) groups is 3. The third-order valence-corrected chi connectivity index (χ3v) is 5.98. The first kappa shape index (κ1) is 26.2. The maximum Gasteiger partial charge on any atom is 0.410 e. The van der Waals surface area contributed by atoms with E-state index in [9.17, 15) is 14.4 Å². The molecule has 1 saturated heterocycles. The molecular formula is C28H31N3O6. The highest BCUT2D eigenvalue weighted by molar-refractivity contribution is 6.11. The van der Waals surface area contributed by atoms with Gasteiger partial charge >= 0.3 is 6.09 Å². The lowest BCUT2D eigenvalue weighted by molar-refractivity contribution is -0.134. The Kier molecular flexibility index (Phi) is 7.79. The van der Waals surface area contributed by atoms with Crippen LogP contribution in [0.4, 0.5) is 4.79 Å². The number of nitrogens with one attached hydrogen (secondary N) is 1. The lowest BCUT2D eigenvalue weighted by Crippen LogP contribution is -2.39. The van der Waals surface area contributed by atoms with Crippen LogP contribution in [-0.2, 0) is 19.1 Å². The predicted molar refractivity (Wildman–Crippen MR) is 138 cm³/mol. The summed E-state index contributed by atoms with van der Waals surface area (Å²) in [6.45, 7) is 6.75. The van der Waals surface area contributed by atoms with Crippen molar-refractivity contribution in [1.29, 1.82) is 0 Å². The normalized spacial score (nSPS) is 15.8. The van der Waals surface area contributed by atoms with E-state index in [-0.39, 0.29) is 30.9 Å². The van der Waals surface area contributed by atoms with E-state index in [1.807, 2.05) is 51.1 Å². The fraction of sp³-hybridized carbons (Fsp3) is 0.429. The van der Waals surface area contributed by atoms with Gasteiger partial charge < -0.3 is 18.9 Å². The number of amides is 3. The lowest BCUT2D eigenvalue weighted by atomic mass is 9.90. The van der Waals surface area contributed by atoms with Crippen LogP contribution in [0.1, 0.15) is 57.2 Å². The molecule has 0 aliphatic carbocycles. The second kappa shape index (κ2) is 11.0. The Balaban J connectivity index is 1.40. The van der Waals surface area contributed by atoms with Crippen LogP contribution >= 0.6 is 0 Å². The van der Waals surface area contributed by atoms with Crippen molar-refractivity contribution >= 4 is 39.6 Å². The molecule has 9 heteroatoms. The second-order valence-corrected chi connectivity index (χ2v) is 10.0. The summed E-state index contributed by atoms with van der Waals surface area (Å²) in [5.74, 6) is 5.05. The Morgan fingerprint density at radius 1 is 1.22 bits per heavy atom. The summed E-state index contributed by atoms with van der Waals surface area (Å²) in [6, 6.07) is 9.53. The molecule has 0 spiro atoms. The SMILES string of the molecule is CN(CCCOCC#Cc1cccc2c1ccc1onc(C3CCC(=O)NC3=O)c12)C(=O)OC(C)(C)C. The van der Waals surface area contributed by atoms with Gasteiger partial charge in [0, 0.05) is 32.2 Å². The van der Waals surface area contributed by atoms with Crippen LogP contribution in [0.3, 0.4) is 0 Å². The molecular weight excluding hydrogens is 474 g/mol. The smallest absolute Gasteiger partial charge is 0.410 e. The van der Waals surface area contributed by atoms with Gasteiger partial charge in [-0.25, -0.2) is 4.79 Å². The molecule has 1 fully saturated rings. The van der Waals surface area contributed by atoms with Crippen LogP contribution in [0.25, 0.3) is 21.7 Å². The molecule has 3 amide bonds. The fourth-order valence-electron chi connectivity index (χ4n) is 4.21. The Labute approximate surface area is 215 Å². The van der Waals surface area contributed by atoms with Crippen molar-refractivity contribution in [1.82, 2.24) is 15.4 Å². The molecule has 1 N–H and O–H groups in total. The van der Waals surface area contributed by atoms with Crippen LogP contribution in [0.15, 0.2) is 34.9 Å². The number of ether oxygens (including phenoxy) is 2. The topological polar surface area (TPSA) is 111 Å². The number of carbonyl (C=O) groups excluding carboxylic acids is 3. The summed E-state index contributed by atoms with van der Waals surface area (Å²) in [7, 11) is 1.70. The fourth-order valence-corrected chi connectivity index (χ4v) is 4.21. The van der Waals surface area contributed by atoms with Gasteiger partial charge in [0.25, 0.3) is 0 Å². The number of hydrogen-bond acceptors (Lipinski definition) is 7. The van der Waals surface area contributed by atoms with Crippen molar-refractivity contribution in [3.8, 4) is 11.8 Å². The van der Waals surface area contributed by atoms with Gasteiger partial charge in [-0.1, -0.05) is 29.1 Å². The van der Waals surface area contributed by atoms with Crippen LogP contribution in [0.2, 0.25) is 0 Å². The molecule has 1 aliphatic rings. The Bertz CT molecular complexity index is 1390. The van der Waals surface area contributed by atoms with Crippen LogP contribution in [0, 0.1) is 11.8 Å². The first-order valence-corrected chi connectivity index (χ1v) is 12.3. The largest absolute Gasteiger partial charge is 0.444 e. The van der Waals surface area contributed by atoms with Gasteiger partial charge in [0.15, 0.2) is 5.58 Å². The average Bonchev–Trinajstić information content (AvgIpc) is 3.26. The molecule has 0 saturated carbocycles. The van der Waals surface area contributed by atoms with Gasteiger partial charge in [-0.15, -0.1) is 0 Å². The van der Waals surface area contributed by atoms with Gasteiger partial charge in [-0.05, 0) is 62.6 Å². The van der Waals surface area contributed by atoms with Crippen molar-refractivity contribution < 1.29 is 28.4 Å². The summed E-state index contributed by atoms with van der Waals surface area (Å²) >= 11 is 0. The van der Waals surface area contributed by atoms with Crippen molar-refractivity contribution in [3.05, 3.63) is 41.6 Å². The molecule has 1 aromatic heterocycles. The highest BCUT2D eigenvalue weighted by Gasteiger charge is 2.32. The number of benzene rings is 2. The summed E-state index contributed by atoms with van der Waals surface area (Å²) in [6.07, 6.45) is 0.975. The third kappa shape index (κ3) is 6.27. The number of fused-ring (bicyclic) bond motifs is 3. The molecule has 1 unspecified atom stereocenters. The number of hydrogen-bond donors (Lipinski definition) is 1. The molecule has 37 heavy (non-hydrogen) atoms. The summed E-state index contributed by atoms with van der Waals surface area (Å²) < 4.78 is 16.5. The van der Waals surface area contributed by atoms with Gasteiger partial charge in [-0.3, -0.25) is 14.9 Å². The van der Waals surface area contributed by atoms with E-state index in [0.717, 1.165) is 21.7 Å². The van der Waals surface area contributed by atoms with Crippen molar-refractivity contribution in [2.24, 2.45) is 0 Å². The molecule has 9 nitrogen and oxygen atoms in total. The van der Waals surface area contributed by atoms with E-state index < -0.39 is 11.5 Å². The summed E-state index contributed by atoms with van der Waals surface area (Å²) in [5, 5.41) is 9.14. The van der Waals surface area contributed by atoms with Crippen LogP contribution < -0.4 is 5.32 Å². The Morgan fingerprint density at radius 2 is 2.03 bits per heavy atom. The zero-order valence-corrected chi connectivity index (χ0v) is 21.6. The zero-order valence-electron chi connectivity index (χ0n) is 21.6.